The van der Waals surface area contributed by atoms with Crippen LogP contribution in [0.5, 0.6) is 0 Å². The topological polar surface area (TPSA) is 0 Å². The van der Waals surface area contributed by atoms with Gasteiger partial charge in [0.1, 0.15) is 0 Å². The van der Waals surface area contributed by atoms with Crippen LogP contribution in [0.2, 0.25) is 0 Å². The van der Waals surface area contributed by atoms with Crippen LogP contribution in [0.3, 0.4) is 0 Å². The summed E-state index contributed by atoms with van der Waals surface area (Å²) in [6, 6.07) is 4.45. The van der Waals surface area contributed by atoms with E-state index in [4.69, 9.17) is 0 Å². The molecule has 0 atom stereocenters. The largest absolute Gasteiger partial charge is 0.0625 e. The van der Waals surface area contributed by atoms with Gasteiger partial charge in [0.25, 0.3) is 0 Å². The molecule has 2 aliphatic rings. The molecule has 0 amide bonds. The van der Waals surface area contributed by atoms with E-state index in [2.05, 4.69) is 67.5 Å². The van der Waals surface area contributed by atoms with Crippen LogP contribution in [0.4, 0.5) is 0 Å². The van der Waals surface area contributed by atoms with Crippen LogP contribution in [0, 0.1) is 51.4 Å². The molecular formula is C26H46B. The molecule has 0 bridgehead atoms. The van der Waals surface area contributed by atoms with Gasteiger partial charge in [0.05, 0.1) is 0 Å². The molecule has 0 aromatic heterocycles. The van der Waals surface area contributed by atoms with Gasteiger partial charge in [-0.1, -0.05) is 96.8 Å². The average Bonchev–Trinajstić information content (AvgIpc) is 2.59. The third-order valence-corrected chi connectivity index (χ3v) is 6.68. The maximum Gasteiger partial charge on any atom is 0 e. The van der Waals surface area contributed by atoms with Crippen LogP contribution in [0.15, 0.2) is 12.1 Å². The monoisotopic (exact) mass is 369 g/mol. The summed E-state index contributed by atoms with van der Waals surface area (Å²) >= 11 is 0. The summed E-state index contributed by atoms with van der Waals surface area (Å²) in [6.07, 6.45) is 11.8. The first-order valence-corrected chi connectivity index (χ1v) is 11.2. The lowest BCUT2D eigenvalue weighted by Gasteiger charge is -2.22. The third-order valence-electron chi connectivity index (χ3n) is 6.68. The normalized spacial score (nSPS) is 27.3. The van der Waals surface area contributed by atoms with Crippen LogP contribution >= 0.6 is 0 Å². The quantitative estimate of drug-likeness (QED) is 0.404. The molecule has 3 radical (unpaired) electrons. The molecule has 2 aliphatic carbocycles. The highest BCUT2D eigenvalue weighted by molar-refractivity contribution is 5.75. The van der Waals surface area contributed by atoms with E-state index in [1.54, 1.807) is 0 Å². The molecular weight excluding hydrogens is 323 g/mol. The standard InChI is InChI=1S/C10H14.2C8H16.B/c1-7-5-8(2)10(4)9(3)6-7;2*1-7-3-5-8(2)6-4-7;/h5-6H,1-4H3;2*7-8H,3-6H2,1-2H3;. The van der Waals surface area contributed by atoms with Crippen molar-refractivity contribution in [1.29, 1.82) is 0 Å². The Bertz CT molecular complexity index is 440. The number of hydrogen-bond donors (Lipinski definition) is 0. The van der Waals surface area contributed by atoms with E-state index in [1.165, 1.54) is 73.6 Å². The van der Waals surface area contributed by atoms with Gasteiger partial charge in [0, 0.05) is 8.41 Å². The van der Waals surface area contributed by atoms with Crippen molar-refractivity contribution in [3.8, 4) is 0 Å². The molecule has 27 heavy (non-hydrogen) atoms. The summed E-state index contributed by atoms with van der Waals surface area (Å²) in [5.74, 6) is 4.08. The summed E-state index contributed by atoms with van der Waals surface area (Å²) in [7, 11) is 0. The predicted octanol–water partition coefficient (Wildman–Crippen LogP) is 8.20. The first-order chi connectivity index (χ1) is 12.2. The Morgan fingerprint density at radius 1 is 0.519 bits per heavy atom. The van der Waals surface area contributed by atoms with E-state index in [1.807, 2.05) is 0 Å². The molecule has 0 saturated heterocycles. The molecule has 153 valence electrons. The first kappa shape index (κ1) is 26.3. The molecule has 0 N–H and O–H groups in total. The lowest BCUT2D eigenvalue weighted by Crippen LogP contribution is -2.08. The van der Waals surface area contributed by atoms with Crippen LogP contribution < -0.4 is 0 Å². The number of aryl methyl sites for hydroxylation is 3. The Kier molecular flexibility index (Phi) is 13.1. The van der Waals surface area contributed by atoms with Crippen LogP contribution in [-0.2, 0) is 0 Å². The van der Waals surface area contributed by atoms with Crippen molar-refractivity contribution in [1.82, 2.24) is 0 Å². The summed E-state index contributed by atoms with van der Waals surface area (Å²) < 4.78 is 0. The molecule has 1 heteroatoms. The Morgan fingerprint density at radius 3 is 0.963 bits per heavy atom. The van der Waals surface area contributed by atoms with E-state index in [9.17, 15) is 0 Å². The van der Waals surface area contributed by atoms with Crippen molar-refractivity contribution in [3.05, 3.63) is 34.4 Å². The smallest absolute Gasteiger partial charge is 0 e. The fourth-order valence-electron chi connectivity index (χ4n) is 4.11. The van der Waals surface area contributed by atoms with Crippen molar-refractivity contribution in [2.45, 2.75) is 107 Å². The highest BCUT2D eigenvalue weighted by Crippen LogP contribution is 2.27. The Balaban J connectivity index is 0.000000372. The van der Waals surface area contributed by atoms with Gasteiger partial charge in [0.2, 0.25) is 0 Å². The van der Waals surface area contributed by atoms with Gasteiger partial charge >= 0.3 is 0 Å². The second-order valence-electron chi connectivity index (χ2n) is 9.75. The average molecular weight is 369 g/mol. The van der Waals surface area contributed by atoms with Gasteiger partial charge in [-0.2, -0.15) is 0 Å². The molecule has 2 saturated carbocycles. The molecule has 0 unspecified atom stereocenters. The first-order valence-electron chi connectivity index (χ1n) is 11.2. The molecule has 0 nitrogen and oxygen atoms in total. The Morgan fingerprint density at radius 2 is 0.741 bits per heavy atom. The zero-order chi connectivity index (χ0) is 19.7. The van der Waals surface area contributed by atoms with Gasteiger partial charge in [-0.15, -0.1) is 0 Å². The van der Waals surface area contributed by atoms with E-state index in [0.29, 0.717) is 0 Å². The molecule has 0 aliphatic heterocycles. The van der Waals surface area contributed by atoms with Crippen molar-refractivity contribution >= 4 is 8.41 Å². The fourth-order valence-corrected chi connectivity index (χ4v) is 4.11. The van der Waals surface area contributed by atoms with Crippen molar-refractivity contribution in [3.63, 3.8) is 0 Å². The maximum atomic E-state index is 2.37. The minimum Gasteiger partial charge on any atom is -0.0625 e. The Hall–Kier alpha value is -0.715. The van der Waals surface area contributed by atoms with Crippen molar-refractivity contribution in [2.24, 2.45) is 23.7 Å². The summed E-state index contributed by atoms with van der Waals surface area (Å²) in [5.41, 5.74) is 5.58. The molecule has 1 aromatic carbocycles. The molecule has 2 fully saturated rings. The van der Waals surface area contributed by atoms with Gasteiger partial charge in [-0.25, -0.2) is 0 Å². The molecule has 0 spiro atoms. The SMILES string of the molecule is CC1CCC(C)CC1.CC1CCC(C)CC1.Cc1cc(C)c(C)c(C)c1.[B]. The lowest BCUT2D eigenvalue weighted by atomic mass is 9.84. The second-order valence-corrected chi connectivity index (χ2v) is 9.75. The number of hydrogen-bond acceptors (Lipinski definition) is 0. The number of benzene rings is 1. The van der Waals surface area contributed by atoms with E-state index in [0.717, 1.165) is 23.7 Å². The van der Waals surface area contributed by atoms with Gasteiger partial charge in [-0.3, -0.25) is 0 Å². The van der Waals surface area contributed by atoms with E-state index >= 15 is 0 Å². The van der Waals surface area contributed by atoms with E-state index in [-0.39, 0.29) is 8.41 Å². The van der Waals surface area contributed by atoms with Crippen LogP contribution in [0.1, 0.15) is 101 Å². The second kappa shape index (κ2) is 13.5. The third kappa shape index (κ3) is 11.0. The fraction of sp³-hybridized carbons (Fsp3) is 0.769. The minimum atomic E-state index is 0. The Labute approximate surface area is 173 Å². The zero-order valence-electron chi connectivity index (χ0n) is 19.7. The molecule has 3 rings (SSSR count). The summed E-state index contributed by atoms with van der Waals surface area (Å²) in [5, 5.41) is 0. The predicted molar refractivity (Wildman–Crippen MR) is 125 cm³/mol. The summed E-state index contributed by atoms with van der Waals surface area (Å²) in [4.78, 5) is 0. The van der Waals surface area contributed by atoms with E-state index < -0.39 is 0 Å². The van der Waals surface area contributed by atoms with Crippen LogP contribution in [-0.4, -0.2) is 8.41 Å². The maximum absolute atomic E-state index is 2.37. The summed E-state index contributed by atoms with van der Waals surface area (Å²) in [6.45, 7) is 18.1. The lowest BCUT2D eigenvalue weighted by molar-refractivity contribution is 0.308. The van der Waals surface area contributed by atoms with Crippen LogP contribution in [0.25, 0.3) is 0 Å². The van der Waals surface area contributed by atoms with Crippen molar-refractivity contribution in [2.75, 3.05) is 0 Å². The zero-order valence-corrected chi connectivity index (χ0v) is 19.7. The highest BCUT2D eigenvalue weighted by Gasteiger charge is 2.13. The molecule has 0 heterocycles. The van der Waals surface area contributed by atoms with Crippen molar-refractivity contribution < 1.29 is 0 Å². The van der Waals surface area contributed by atoms with Gasteiger partial charge in [0.15, 0.2) is 0 Å². The molecule has 1 aromatic rings. The van der Waals surface area contributed by atoms with Gasteiger partial charge < -0.3 is 0 Å². The van der Waals surface area contributed by atoms with Gasteiger partial charge in [-0.05, 0) is 68.1 Å². The minimum absolute atomic E-state index is 0. The number of rotatable bonds is 0. The highest BCUT2D eigenvalue weighted by atomic mass is 14.2.